The second kappa shape index (κ2) is 2.87. The number of aromatic nitrogens is 2. The first kappa shape index (κ1) is 8.62. The van der Waals surface area contributed by atoms with Gasteiger partial charge in [-0.15, -0.1) is 0 Å². The fraction of sp³-hybridized carbons (Fsp3) is 0.714. The van der Waals surface area contributed by atoms with Crippen LogP contribution in [0.2, 0.25) is 0 Å². The molecule has 0 saturated heterocycles. The van der Waals surface area contributed by atoms with Crippen molar-refractivity contribution in [2.45, 2.75) is 26.2 Å². The van der Waals surface area contributed by atoms with Crippen LogP contribution in [0.5, 0.6) is 0 Å². The summed E-state index contributed by atoms with van der Waals surface area (Å²) in [4.78, 5) is 4.28. The minimum absolute atomic E-state index is 0.0786. The third-order valence-electron chi connectivity index (χ3n) is 1.64. The largest absolute Gasteiger partial charge is 0.329 e. The Hall–Kier alpha value is -0.480. The minimum Gasteiger partial charge on any atom is -0.329 e. The molecule has 0 fully saturated rings. The van der Waals surface area contributed by atoms with E-state index in [1.54, 1.807) is 0 Å². The average molecular weight is 171 g/mol. The first-order chi connectivity index (χ1) is 5.06. The molecule has 2 N–H and O–H groups in total. The Bertz CT molecular complexity index is 242. The molecular formula is C7H13N3S. The van der Waals surface area contributed by atoms with Crippen LogP contribution in [0.1, 0.15) is 24.7 Å². The van der Waals surface area contributed by atoms with Crippen LogP contribution in [0.15, 0.2) is 0 Å². The maximum absolute atomic E-state index is 5.57. The zero-order valence-electron chi connectivity index (χ0n) is 7.09. The predicted molar refractivity (Wildman–Crippen MR) is 46.7 cm³/mol. The van der Waals surface area contributed by atoms with E-state index in [4.69, 9.17) is 5.73 Å². The Morgan fingerprint density at radius 1 is 1.55 bits per heavy atom. The molecule has 0 saturated carbocycles. The summed E-state index contributed by atoms with van der Waals surface area (Å²) in [7, 11) is 0. The molecule has 0 atom stereocenters. The second-order valence-corrected chi connectivity index (χ2v) is 4.18. The summed E-state index contributed by atoms with van der Waals surface area (Å²) in [6, 6.07) is 0. The molecule has 1 aromatic rings. The van der Waals surface area contributed by atoms with Gasteiger partial charge in [0.25, 0.3) is 0 Å². The van der Waals surface area contributed by atoms with Crippen molar-refractivity contribution in [3.63, 3.8) is 0 Å². The van der Waals surface area contributed by atoms with Crippen molar-refractivity contribution < 1.29 is 0 Å². The normalized spacial score (nSPS) is 12.0. The Balaban J connectivity index is 2.92. The van der Waals surface area contributed by atoms with Gasteiger partial charge in [0, 0.05) is 12.0 Å². The predicted octanol–water partition coefficient (Wildman–Crippen LogP) is 1.08. The molecule has 1 aromatic heterocycles. The summed E-state index contributed by atoms with van der Waals surface area (Å²) < 4.78 is 4.21. The van der Waals surface area contributed by atoms with Crippen molar-refractivity contribution >= 4 is 11.5 Å². The fourth-order valence-electron chi connectivity index (χ4n) is 0.665. The standard InChI is InChI=1S/C7H13N3S/c1-5-9-6(10-11-5)7(2,3)4-8/h4,8H2,1-3H3. The number of nitrogens with zero attached hydrogens (tertiary/aromatic N) is 2. The van der Waals surface area contributed by atoms with Crippen LogP contribution in [0.25, 0.3) is 0 Å². The van der Waals surface area contributed by atoms with Gasteiger partial charge in [-0.2, -0.15) is 4.37 Å². The quantitative estimate of drug-likeness (QED) is 0.724. The third kappa shape index (κ3) is 1.75. The van der Waals surface area contributed by atoms with Crippen molar-refractivity contribution in [3.8, 4) is 0 Å². The van der Waals surface area contributed by atoms with Crippen LogP contribution in [-0.2, 0) is 5.41 Å². The van der Waals surface area contributed by atoms with Gasteiger partial charge in [-0.25, -0.2) is 4.98 Å². The molecule has 0 unspecified atom stereocenters. The van der Waals surface area contributed by atoms with E-state index in [0.717, 1.165) is 10.8 Å². The molecular weight excluding hydrogens is 158 g/mol. The van der Waals surface area contributed by atoms with E-state index in [9.17, 15) is 0 Å². The van der Waals surface area contributed by atoms with Crippen LogP contribution in [0.3, 0.4) is 0 Å². The lowest BCUT2D eigenvalue weighted by Gasteiger charge is -2.17. The van der Waals surface area contributed by atoms with Crippen molar-refractivity contribution in [3.05, 3.63) is 10.8 Å². The van der Waals surface area contributed by atoms with E-state index in [2.05, 4.69) is 23.2 Å². The Kier molecular flexibility index (Phi) is 2.25. The summed E-state index contributed by atoms with van der Waals surface area (Å²) in [5.74, 6) is 0.863. The van der Waals surface area contributed by atoms with Crippen molar-refractivity contribution in [1.82, 2.24) is 9.36 Å². The lowest BCUT2D eigenvalue weighted by atomic mass is 9.93. The summed E-state index contributed by atoms with van der Waals surface area (Å²) in [5.41, 5.74) is 5.49. The van der Waals surface area contributed by atoms with Gasteiger partial charge in [-0.3, -0.25) is 0 Å². The summed E-state index contributed by atoms with van der Waals surface area (Å²) in [6.45, 7) is 6.64. The van der Waals surface area contributed by atoms with Crippen LogP contribution in [0.4, 0.5) is 0 Å². The van der Waals surface area contributed by atoms with Crippen LogP contribution >= 0.6 is 11.5 Å². The first-order valence-electron chi connectivity index (χ1n) is 3.57. The number of hydrogen-bond acceptors (Lipinski definition) is 4. The third-order valence-corrected chi connectivity index (χ3v) is 2.26. The molecule has 0 radical (unpaired) electrons. The number of nitrogens with two attached hydrogens (primary N) is 1. The zero-order chi connectivity index (χ0) is 8.48. The lowest BCUT2D eigenvalue weighted by Crippen LogP contribution is -2.29. The summed E-state index contributed by atoms with van der Waals surface area (Å²) in [5, 5.41) is 1.00. The molecule has 0 bridgehead atoms. The highest BCUT2D eigenvalue weighted by Crippen LogP contribution is 2.19. The van der Waals surface area contributed by atoms with E-state index >= 15 is 0 Å². The minimum atomic E-state index is -0.0786. The van der Waals surface area contributed by atoms with Gasteiger partial charge in [0.05, 0.1) is 0 Å². The smallest absolute Gasteiger partial charge is 0.149 e. The molecule has 1 heterocycles. The number of aryl methyl sites for hydroxylation is 1. The van der Waals surface area contributed by atoms with Gasteiger partial charge in [-0.05, 0) is 18.5 Å². The molecule has 11 heavy (non-hydrogen) atoms. The molecule has 4 heteroatoms. The SMILES string of the molecule is Cc1nc(C(C)(C)CN)ns1. The van der Waals surface area contributed by atoms with Crippen molar-refractivity contribution in [2.24, 2.45) is 5.73 Å². The van der Waals surface area contributed by atoms with Gasteiger partial charge >= 0.3 is 0 Å². The van der Waals surface area contributed by atoms with E-state index in [-0.39, 0.29) is 5.41 Å². The van der Waals surface area contributed by atoms with Gasteiger partial charge in [-0.1, -0.05) is 13.8 Å². The van der Waals surface area contributed by atoms with Gasteiger partial charge < -0.3 is 5.73 Å². The molecule has 3 nitrogen and oxygen atoms in total. The zero-order valence-corrected chi connectivity index (χ0v) is 7.90. The second-order valence-electron chi connectivity index (χ2n) is 3.23. The van der Waals surface area contributed by atoms with Crippen molar-refractivity contribution in [1.29, 1.82) is 0 Å². The highest BCUT2D eigenvalue weighted by molar-refractivity contribution is 7.05. The van der Waals surface area contributed by atoms with E-state index in [1.165, 1.54) is 11.5 Å². The first-order valence-corrected chi connectivity index (χ1v) is 4.34. The Morgan fingerprint density at radius 2 is 2.18 bits per heavy atom. The molecule has 0 aromatic carbocycles. The fourth-order valence-corrected chi connectivity index (χ4v) is 1.30. The molecule has 0 spiro atoms. The van der Waals surface area contributed by atoms with Gasteiger partial charge in [0.1, 0.15) is 10.8 Å². The van der Waals surface area contributed by atoms with Crippen LogP contribution < -0.4 is 5.73 Å². The lowest BCUT2D eigenvalue weighted by molar-refractivity contribution is 0.509. The molecule has 0 aliphatic heterocycles. The highest BCUT2D eigenvalue weighted by Gasteiger charge is 2.22. The monoisotopic (exact) mass is 171 g/mol. The molecule has 1 rings (SSSR count). The molecule has 0 aliphatic rings. The maximum Gasteiger partial charge on any atom is 0.149 e. The van der Waals surface area contributed by atoms with Gasteiger partial charge in [0.2, 0.25) is 0 Å². The molecule has 0 aliphatic carbocycles. The number of rotatable bonds is 2. The summed E-state index contributed by atoms with van der Waals surface area (Å²) >= 11 is 1.43. The Labute approximate surface area is 70.8 Å². The average Bonchev–Trinajstić information content (AvgIpc) is 2.36. The molecule has 0 amide bonds. The van der Waals surface area contributed by atoms with Crippen LogP contribution in [-0.4, -0.2) is 15.9 Å². The van der Waals surface area contributed by atoms with E-state index in [1.807, 2.05) is 6.92 Å². The topological polar surface area (TPSA) is 51.8 Å². The number of hydrogen-bond donors (Lipinski definition) is 1. The van der Waals surface area contributed by atoms with E-state index < -0.39 is 0 Å². The van der Waals surface area contributed by atoms with Gasteiger partial charge in [0.15, 0.2) is 0 Å². The maximum atomic E-state index is 5.57. The molecule has 62 valence electrons. The Morgan fingerprint density at radius 3 is 2.55 bits per heavy atom. The van der Waals surface area contributed by atoms with Crippen molar-refractivity contribution in [2.75, 3.05) is 6.54 Å². The highest BCUT2D eigenvalue weighted by atomic mass is 32.1. The van der Waals surface area contributed by atoms with Crippen LogP contribution in [0, 0.1) is 6.92 Å². The van der Waals surface area contributed by atoms with E-state index in [0.29, 0.717) is 6.54 Å². The summed E-state index contributed by atoms with van der Waals surface area (Å²) in [6.07, 6.45) is 0.